The maximum atomic E-state index is 14.2. The van der Waals surface area contributed by atoms with E-state index in [1.165, 1.54) is 0 Å². The monoisotopic (exact) mass is 544 g/mol. The molecule has 4 aromatic carbocycles. The Kier molecular flexibility index (Phi) is 9.58. The van der Waals surface area contributed by atoms with Gasteiger partial charge in [-0.25, -0.2) is 0 Å². The highest BCUT2D eigenvalue weighted by molar-refractivity contribution is 6.42. The van der Waals surface area contributed by atoms with Crippen molar-refractivity contribution in [2.45, 2.75) is 31.3 Å². The number of carbonyl (C=O) groups is 2. The number of benzene rings is 4. The third-order valence-electron chi connectivity index (χ3n) is 6.64. The lowest BCUT2D eigenvalue weighted by molar-refractivity contribution is -0.141. The summed E-state index contributed by atoms with van der Waals surface area (Å²) in [5, 5.41) is 3.61. The fourth-order valence-electron chi connectivity index (χ4n) is 4.65. The zero-order valence-electron chi connectivity index (χ0n) is 21.2. The summed E-state index contributed by atoms with van der Waals surface area (Å²) in [7, 11) is 1.60. The van der Waals surface area contributed by atoms with Gasteiger partial charge in [-0.3, -0.25) is 9.59 Å². The Morgan fingerprint density at radius 1 is 0.737 bits per heavy atom. The van der Waals surface area contributed by atoms with Gasteiger partial charge in [-0.1, -0.05) is 120 Å². The number of halogens is 2. The lowest BCUT2D eigenvalue weighted by Crippen LogP contribution is -2.50. The molecular formula is C32H30Cl2N2O2. The molecule has 0 fully saturated rings. The van der Waals surface area contributed by atoms with E-state index in [1.54, 1.807) is 24.1 Å². The van der Waals surface area contributed by atoms with Gasteiger partial charge < -0.3 is 10.2 Å². The van der Waals surface area contributed by atoms with Crippen molar-refractivity contribution in [3.8, 4) is 0 Å². The molecule has 6 heteroatoms. The van der Waals surface area contributed by atoms with Crippen molar-refractivity contribution >= 4 is 35.0 Å². The van der Waals surface area contributed by atoms with E-state index >= 15 is 0 Å². The molecule has 1 N–H and O–H groups in total. The van der Waals surface area contributed by atoms with Crippen molar-refractivity contribution < 1.29 is 9.59 Å². The molecular weight excluding hydrogens is 515 g/mol. The molecule has 38 heavy (non-hydrogen) atoms. The van der Waals surface area contributed by atoms with E-state index in [1.807, 2.05) is 97.1 Å². The number of nitrogens with zero attached hydrogens (tertiary/aromatic N) is 1. The predicted octanol–water partition coefficient (Wildman–Crippen LogP) is 6.90. The zero-order chi connectivity index (χ0) is 26.9. The van der Waals surface area contributed by atoms with Gasteiger partial charge in [0, 0.05) is 32.4 Å². The molecule has 0 aliphatic heterocycles. The highest BCUT2D eigenvalue weighted by atomic mass is 35.5. The number of rotatable bonds is 10. The van der Waals surface area contributed by atoms with Gasteiger partial charge in [0.15, 0.2) is 0 Å². The van der Waals surface area contributed by atoms with Crippen molar-refractivity contribution in [3.05, 3.63) is 141 Å². The van der Waals surface area contributed by atoms with Crippen molar-refractivity contribution in [2.24, 2.45) is 0 Å². The molecule has 0 heterocycles. The molecule has 0 bridgehead atoms. The maximum Gasteiger partial charge on any atom is 0.242 e. The van der Waals surface area contributed by atoms with Crippen molar-refractivity contribution in [1.82, 2.24) is 10.2 Å². The molecule has 2 amide bonds. The zero-order valence-corrected chi connectivity index (χ0v) is 22.7. The summed E-state index contributed by atoms with van der Waals surface area (Å²) in [6, 6.07) is 34.3. The molecule has 0 unspecified atom stereocenters. The van der Waals surface area contributed by atoms with Crippen molar-refractivity contribution in [3.63, 3.8) is 0 Å². The second-order valence-corrected chi connectivity index (χ2v) is 9.98. The van der Waals surface area contributed by atoms with Crippen LogP contribution < -0.4 is 5.32 Å². The van der Waals surface area contributed by atoms with Gasteiger partial charge in [-0.15, -0.1) is 0 Å². The maximum absolute atomic E-state index is 14.2. The van der Waals surface area contributed by atoms with Gasteiger partial charge in [-0.2, -0.15) is 0 Å². The molecule has 4 aromatic rings. The number of nitrogens with one attached hydrogen (secondary N) is 1. The number of carbonyl (C=O) groups excluding carboxylic acids is 2. The molecule has 194 valence electrons. The Morgan fingerprint density at radius 3 is 1.82 bits per heavy atom. The number of amides is 2. The lowest BCUT2D eigenvalue weighted by Gasteiger charge is -2.32. The molecule has 4 nitrogen and oxygen atoms in total. The van der Waals surface area contributed by atoms with Crippen LogP contribution in [0.1, 0.15) is 34.6 Å². The van der Waals surface area contributed by atoms with E-state index < -0.39 is 6.04 Å². The highest BCUT2D eigenvalue weighted by Crippen LogP contribution is 2.30. The Bertz CT molecular complexity index is 1310. The fourth-order valence-corrected chi connectivity index (χ4v) is 4.97. The largest absolute Gasteiger partial charge is 0.357 e. The van der Waals surface area contributed by atoms with Crippen LogP contribution in [0.25, 0.3) is 0 Å². The van der Waals surface area contributed by atoms with Crippen LogP contribution in [0.4, 0.5) is 0 Å². The summed E-state index contributed by atoms with van der Waals surface area (Å²) >= 11 is 12.5. The summed E-state index contributed by atoms with van der Waals surface area (Å²) in [5.41, 5.74) is 3.85. The first-order valence-corrected chi connectivity index (χ1v) is 13.3. The van der Waals surface area contributed by atoms with E-state index in [-0.39, 0.29) is 30.7 Å². The lowest BCUT2D eigenvalue weighted by atomic mass is 9.87. The fraction of sp³-hybridized carbons (Fsp3) is 0.188. The van der Waals surface area contributed by atoms with Gasteiger partial charge >= 0.3 is 0 Å². The van der Waals surface area contributed by atoms with E-state index in [9.17, 15) is 9.59 Å². The quantitative estimate of drug-likeness (QED) is 0.236. The molecule has 0 aliphatic carbocycles. The van der Waals surface area contributed by atoms with Crippen LogP contribution >= 0.6 is 23.2 Å². The SMILES string of the molecule is CNC(=O)[C@@H](Cc1ccccc1)N(Cc1ccc(Cl)c(Cl)c1)C(=O)CC(c1ccccc1)c1ccccc1. The Labute approximate surface area is 234 Å². The molecule has 1 atom stereocenters. The number of hydrogen-bond donors (Lipinski definition) is 1. The Hall–Kier alpha value is -3.60. The topological polar surface area (TPSA) is 49.4 Å². The first-order chi connectivity index (χ1) is 18.5. The van der Waals surface area contributed by atoms with Crippen molar-refractivity contribution in [1.29, 1.82) is 0 Å². The molecule has 0 saturated heterocycles. The average Bonchev–Trinajstić information content (AvgIpc) is 2.96. The average molecular weight is 546 g/mol. The van der Waals surface area contributed by atoms with E-state index in [0.717, 1.165) is 22.3 Å². The van der Waals surface area contributed by atoms with Gasteiger partial charge in [0.2, 0.25) is 11.8 Å². The first-order valence-electron chi connectivity index (χ1n) is 12.5. The second-order valence-electron chi connectivity index (χ2n) is 9.17. The third-order valence-corrected chi connectivity index (χ3v) is 7.38. The van der Waals surface area contributed by atoms with Crippen LogP contribution in [0.15, 0.2) is 109 Å². The van der Waals surface area contributed by atoms with E-state index in [2.05, 4.69) is 5.32 Å². The molecule has 0 radical (unpaired) electrons. The van der Waals surface area contributed by atoms with Gasteiger partial charge in [0.25, 0.3) is 0 Å². The van der Waals surface area contributed by atoms with Crippen LogP contribution in [-0.2, 0) is 22.6 Å². The highest BCUT2D eigenvalue weighted by Gasteiger charge is 2.32. The van der Waals surface area contributed by atoms with E-state index in [4.69, 9.17) is 23.2 Å². The first kappa shape index (κ1) is 27.4. The standard InChI is InChI=1S/C32H30Cl2N2O2/c1-35-32(38)30(20-23-11-5-2-6-12-23)36(22-24-17-18-28(33)29(34)19-24)31(37)21-27(25-13-7-3-8-14-25)26-15-9-4-10-16-26/h2-19,27,30H,20-22H2,1H3,(H,35,38)/t30-/m1/s1. The third kappa shape index (κ3) is 7.03. The smallest absolute Gasteiger partial charge is 0.242 e. The molecule has 0 aliphatic rings. The molecule has 0 spiro atoms. The normalized spacial score (nSPS) is 11.7. The second kappa shape index (κ2) is 13.3. The minimum Gasteiger partial charge on any atom is -0.357 e. The van der Waals surface area contributed by atoms with Crippen LogP contribution in [-0.4, -0.2) is 29.8 Å². The van der Waals surface area contributed by atoms with E-state index in [0.29, 0.717) is 16.5 Å². The summed E-state index contributed by atoms with van der Waals surface area (Å²) in [6.07, 6.45) is 0.590. The number of likely N-dealkylation sites (N-methyl/N-ethyl adjacent to an activating group) is 1. The van der Waals surface area contributed by atoms with Crippen LogP contribution in [0, 0.1) is 0 Å². The Morgan fingerprint density at radius 2 is 1.29 bits per heavy atom. The van der Waals surface area contributed by atoms with Crippen LogP contribution in [0.3, 0.4) is 0 Å². The number of hydrogen-bond acceptors (Lipinski definition) is 2. The summed E-state index contributed by atoms with van der Waals surface area (Å²) in [5.74, 6) is -0.514. The Balaban J connectivity index is 1.72. The molecule has 0 aromatic heterocycles. The van der Waals surface area contributed by atoms with Gasteiger partial charge in [0.05, 0.1) is 10.0 Å². The summed E-state index contributed by atoms with van der Waals surface area (Å²) in [6.45, 7) is 0.219. The van der Waals surface area contributed by atoms with Crippen LogP contribution in [0.2, 0.25) is 10.0 Å². The van der Waals surface area contributed by atoms with Gasteiger partial charge in [0.1, 0.15) is 6.04 Å². The summed E-state index contributed by atoms with van der Waals surface area (Å²) in [4.78, 5) is 29.1. The van der Waals surface area contributed by atoms with Crippen molar-refractivity contribution in [2.75, 3.05) is 7.05 Å². The van der Waals surface area contributed by atoms with Gasteiger partial charge in [-0.05, 0) is 34.4 Å². The minimum absolute atomic E-state index is 0.127. The predicted molar refractivity (Wildman–Crippen MR) is 154 cm³/mol. The molecule has 4 rings (SSSR count). The minimum atomic E-state index is -0.712. The van der Waals surface area contributed by atoms with Crippen LogP contribution in [0.5, 0.6) is 0 Å². The molecule has 0 saturated carbocycles. The summed E-state index contributed by atoms with van der Waals surface area (Å²) < 4.78 is 0.